The molecule has 4 N–H and O–H groups in total. The molecule has 1 saturated heterocycles. The van der Waals surface area contributed by atoms with Crippen molar-refractivity contribution < 1.29 is 22.4 Å². The predicted octanol–water partition coefficient (Wildman–Crippen LogP) is 2.94. The van der Waals surface area contributed by atoms with Crippen molar-refractivity contribution in [2.75, 3.05) is 30.8 Å². The standard InChI is InChI=1S/C29H42FN5O4S/c1-4-5-15-35-17-16-34(20-40(35,38)39)22(3)29(37)33-27(19-23-9-7-6-8-10-23)26(31)18-21(2)28(36)32-25-13-11-24(30)12-14-25/h6-14,21-22,26-27H,4-5,15-20,31H2,1-3H3,(H,32,36)(H,33,37)/t21-,22-,26+,27+/m1/s1. The number of carbonyl (C=O) groups excluding carboxylic acids is 2. The highest BCUT2D eigenvalue weighted by molar-refractivity contribution is 7.89. The lowest BCUT2D eigenvalue weighted by atomic mass is 9.92. The van der Waals surface area contributed by atoms with Gasteiger partial charge in [0.25, 0.3) is 0 Å². The molecule has 9 nitrogen and oxygen atoms in total. The number of sulfonamides is 1. The Morgan fingerprint density at radius 1 is 1.02 bits per heavy atom. The molecule has 3 rings (SSSR count). The van der Waals surface area contributed by atoms with Crippen molar-refractivity contribution in [2.45, 2.75) is 64.6 Å². The van der Waals surface area contributed by atoms with Gasteiger partial charge in [0.15, 0.2) is 0 Å². The van der Waals surface area contributed by atoms with Crippen LogP contribution in [0.25, 0.3) is 0 Å². The van der Waals surface area contributed by atoms with Crippen molar-refractivity contribution in [3.63, 3.8) is 0 Å². The molecule has 2 aromatic rings. The van der Waals surface area contributed by atoms with E-state index in [4.69, 9.17) is 5.73 Å². The van der Waals surface area contributed by atoms with Crippen LogP contribution in [0.2, 0.25) is 0 Å². The van der Waals surface area contributed by atoms with Gasteiger partial charge >= 0.3 is 0 Å². The highest BCUT2D eigenvalue weighted by Crippen LogP contribution is 2.18. The number of carbonyl (C=O) groups is 2. The Kier molecular flexibility index (Phi) is 11.6. The van der Waals surface area contributed by atoms with Gasteiger partial charge in [0.2, 0.25) is 21.8 Å². The smallest absolute Gasteiger partial charge is 0.237 e. The van der Waals surface area contributed by atoms with Gasteiger partial charge in [0, 0.05) is 43.3 Å². The van der Waals surface area contributed by atoms with Crippen molar-refractivity contribution in [2.24, 2.45) is 11.7 Å². The van der Waals surface area contributed by atoms with E-state index in [2.05, 4.69) is 10.6 Å². The minimum Gasteiger partial charge on any atom is -0.350 e. The molecule has 2 aromatic carbocycles. The number of unbranched alkanes of at least 4 members (excludes halogenated alkanes) is 1. The van der Waals surface area contributed by atoms with E-state index in [-0.39, 0.29) is 17.7 Å². The molecule has 11 heteroatoms. The number of anilines is 1. The van der Waals surface area contributed by atoms with Gasteiger partial charge in [-0.2, -0.15) is 4.31 Å². The average Bonchev–Trinajstić information content (AvgIpc) is 2.92. The summed E-state index contributed by atoms with van der Waals surface area (Å²) in [7, 11) is -3.48. The fourth-order valence-electron chi connectivity index (χ4n) is 4.75. The van der Waals surface area contributed by atoms with Crippen LogP contribution in [0.5, 0.6) is 0 Å². The van der Waals surface area contributed by atoms with E-state index >= 15 is 0 Å². The van der Waals surface area contributed by atoms with Crippen molar-refractivity contribution in [1.82, 2.24) is 14.5 Å². The first-order valence-corrected chi connectivity index (χ1v) is 15.5. The van der Waals surface area contributed by atoms with Crippen LogP contribution in [-0.4, -0.2) is 73.1 Å². The summed E-state index contributed by atoms with van der Waals surface area (Å²) < 4.78 is 40.3. The number of hydrogen-bond acceptors (Lipinski definition) is 6. The molecule has 40 heavy (non-hydrogen) atoms. The highest BCUT2D eigenvalue weighted by Gasteiger charge is 2.35. The van der Waals surface area contributed by atoms with Crippen molar-refractivity contribution in [1.29, 1.82) is 0 Å². The molecule has 1 heterocycles. The maximum absolute atomic E-state index is 13.4. The Hall–Kier alpha value is -2.86. The molecule has 0 radical (unpaired) electrons. The number of amides is 2. The van der Waals surface area contributed by atoms with E-state index in [0.29, 0.717) is 38.2 Å². The molecule has 2 amide bonds. The average molecular weight is 576 g/mol. The molecular formula is C29H42FN5O4S. The maximum Gasteiger partial charge on any atom is 0.237 e. The zero-order valence-corrected chi connectivity index (χ0v) is 24.4. The monoisotopic (exact) mass is 575 g/mol. The van der Waals surface area contributed by atoms with Crippen LogP contribution < -0.4 is 16.4 Å². The molecule has 1 aliphatic rings. The Labute approximate surface area is 237 Å². The second kappa shape index (κ2) is 14.7. The fraction of sp³-hybridized carbons (Fsp3) is 0.517. The minimum absolute atomic E-state index is 0.207. The van der Waals surface area contributed by atoms with Gasteiger partial charge in [-0.05, 0) is 56.0 Å². The van der Waals surface area contributed by atoms with Crippen LogP contribution >= 0.6 is 0 Å². The van der Waals surface area contributed by atoms with Gasteiger partial charge < -0.3 is 16.4 Å². The van der Waals surface area contributed by atoms with Crippen LogP contribution in [0.3, 0.4) is 0 Å². The van der Waals surface area contributed by atoms with E-state index in [1.165, 1.54) is 28.6 Å². The Morgan fingerprint density at radius 3 is 2.33 bits per heavy atom. The van der Waals surface area contributed by atoms with E-state index in [9.17, 15) is 22.4 Å². The summed E-state index contributed by atoms with van der Waals surface area (Å²) in [5.74, 6) is -1.64. The van der Waals surface area contributed by atoms with Gasteiger partial charge in [-0.3, -0.25) is 14.5 Å². The lowest BCUT2D eigenvalue weighted by Crippen LogP contribution is -2.58. The molecule has 1 fully saturated rings. The predicted molar refractivity (Wildman–Crippen MR) is 155 cm³/mol. The topological polar surface area (TPSA) is 125 Å². The number of benzene rings is 2. The van der Waals surface area contributed by atoms with Gasteiger partial charge in [-0.15, -0.1) is 0 Å². The van der Waals surface area contributed by atoms with Gasteiger partial charge in [0.1, 0.15) is 11.7 Å². The molecule has 220 valence electrons. The summed E-state index contributed by atoms with van der Waals surface area (Å²) in [4.78, 5) is 27.8. The lowest BCUT2D eigenvalue weighted by Gasteiger charge is -2.37. The number of nitrogens with one attached hydrogen (secondary N) is 2. The number of nitrogens with two attached hydrogens (primary N) is 1. The third-order valence-electron chi connectivity index (χ3n) is 7.38. The van der Waals surface area contributed by atoms with Crippen LogP contribution in [0.15, 0.2) is 54.6 Å². The molecule has 0 aromatic heterocycles. The van der Waals surface area contributed by atoms with E-state index in [1.54, 1.807) is 18.7 Å². The lowest BCUT2D eigenvalue weighted by molar-refractivity contribution is -0.126. The molecule has 0 unspecified atom stereocenters. The van der Waals surface area contributed by atoms with E-state index in [1.807, 2.05) is 37.3 Å². The molecule has 4 atom stereocenters. The summed E-state index contributed by atoms with van der Waals surface area (Å²) in [6.07, 6.45) is 2.46. The third-order valence-corrected chi connectivity index (χ3v) is 9.19. The fourth-order valence-corrected chi connectivity index (χ4v) is 6.45. The minimum atomic E-state index is -3.48. The summed E-state index contributed by atoms with van der Waals surface area (Å²) in [6, 6.07) is 13.4. The molecular weight excluding hydrogens is 533 g/mol. The van der Waals surface area contributed by atoms with Crippen LogP contribution in [0.4, 0.5) is 10.1 Å². The first kappa shape index (κ1) is 31.7. The number of halogens is 1. The van der Waals surface area contributed by atoms with E-state index < -0.39 is 39.9 Å². The van der Waals surface area contributed by atoms with Crippen molar-refractivity contribution in [3.05, 3.63) is 66.0 Å². The van der Waals surface area contributed by atoms with E-state index in [0.717, 1.165) is 18.4 Å². The maximum atomic E-state index is 13.4. The first-order chi connectivity index (χ1) is 19.0. The Bertz CT molecular complexity index is 1210. The molecule has 0 spiro atoms. The molecule has 0 aliphatic carbocycles. The third kappa shape index (κ3) is 9.09. The Morgan fingerprint density at radius 2 is 1.70 bits per heavy atom. The van der Waals surface area contributed by atoms with Gasteiger partial charge in [0.05, 0.1) is 6.04 Å². The zero-order valence-electron chi connectivity index (χ0n) is 23.6. The van der Waals surface area contributed by atoms with Gasteiger partial charge in [-0.25, -0.2) is 12.8 Å². The summed E-state index contributed by atoms with van der Waals surface area (Å²) in [5.41, 5.74) is 8.06. The molecule has 0 saturated carbocycles. The summed E-state index contributed by atoms with van der Waals surface area (Å²) in [5, 5.41) is 5.82. The normalized spacial score (nSPS) is 18.8. The summed E-state index contributed by atoms with van der Waals surface area (Å²) in [6.45, 7) is 6.79. The Balaban J connectivity index is 1.66. The zero-order chi connectivity index (χ0) is 29.3. The number of rotatable bonds is 13. The largest absolute Gasteiger partial charge is 0.350 e. The van der Waals surface area contributed by atoms with Crippen LogP contribution in [0, 0.1) is 11.7 Å². The van der Waals surface area contributed by atoms with Crippen LogP contribution in [-0.2, 0) is 26.0 Å². The second-order valence-electron chi connectivity index (χ2n) is 10.6. The first-order valence-electron chi connectivity index (χ1n) is 13.9. The molecule has 1 aliphatic heterocycles. The van der Waals surface area contributed by atoms with Crippen molar-refractivity contribution >= 4 is 27.5 Å². The SMILES string of the molecule is CCCCN1CCN([C@H](C)C(=O)N[C@@H](Cc2ccccc2)[C@@H](N)C[C@@H](C)C(=O)Nc2ccc(F)cc2)CS1(=O)=O. The number of nitrogens with zero attached hydrogens (tertiary/aromatic N) is 2. The van der Waals surface area contributed by atoms with Gasteiger partial charge in [-0.1, -0.05) is 50.6 Å². The second-order valence-corrected chi connectivity index (χ2v) is 12.5. The number of hydrogen-bond donors (Lipinski definition) is 3. The highest BCUT2D eigenvalue weighted by atomic mass is 32.2. The molecule has 0 bridgehead atoms. The quantitative estimate of drug-likeness (QED) is 0.337. The van der Waals surface area contributed by atoms with Crippen LogP contribution in [0.1, 0.15) is 45.6 Å². The summed E-state index contributed by atoms with van der Waals surface area (Å²) >= 11 is 0. The van der Waals surface area contributed by atoms with Crippen molar-refractivity contribution in [3.8, 4) is 0 Å².